The quantitative estimate of drug-likeness (QED) is 0.767. The highest BCUT2D eigenvalue weighted by molar-refractivity contribution is 7.10. The van der Waals surface area contributed by atoms with Gasteiger partial charge in [0.15, 0.2) is 5.60 Å². The highest BCUT2D eigenvalue weighted by Gasteiger charge is 2.36. The lowest BCUT2D eigenvalue weighted by atomic mass is 9.94. The Morgan fingerprint density at radius 1 is 1.21 bits per heavy atom. The van der Waals surface area contributed by atoms with Gasteiger partial charge in [-0.1, -0.05) is 17.7 Å². The van der Waals surface area contributed by atoms with Crippen LogP contribution in [0, 0.1) is 0 Å². The fourth-order valence-electron chi connectivity index (χ4n) is 3.11. The van der Waals surface area contributed by atoms with Crippen molar-refractivity contribution in [2.24, 2.45) is 0 Å². The van der Waals surface area contributed by atoms with E-state index in [4.69, 9.17) is 16.3 Å². The molecule has 0 radical (unpaired) electrons. The van der Waals surface area contributed by atoms with E-state index in [1.807, 2.05) is 30.1 Å². The summed E-state index contributed by atoms with van der Waals surface area (Å²) in [4.78, 5) is 16.2. The Kier molecular flexibility index (Phi) is 5.16. The molecule has 0 atom stereocenters. The van der Waals surface area contributed by atoms with E-state index in [9.17, 15) is 4.79 Å². The normalized spacial score (nSPS) is 16.2. The predicted octanol–water partition coefficient (Wildman–Crippen LogP) is 4.97. The Morgan fingerprint density at radius 3 is 2.46 bits per heavy atom. The van der Waals surface area contributed by atoms with Crippen LogP contribution in [0.2, 0.25) is 5.02 Å². The standard InChI is InChI=1S/C19H22ClNO2S/c1-19(2,23-16-7-5-15(20)6-8-16)18(22)21-11-9-14(10-12-21)17-4-3-13-24-17/h3-8,13-14H,9-12H2,1-2H3. The Morgan fingerprint density at radius 2 is 1.88 bits per heavy atom. The molecular weight excluding hydrogens is 342 g/mol. The third-order valence-electron chi connectivity index (χ3n) is 4.43. The second-order valence-electron chi connectivity index (χ2n) is 6.65. The van der Waals surface area contributed by atoms with E-state index >= 15 is 0 Å². The zero-order valence-corrected chi connectivity index (χ0v) is 15.6. The summed E-state index contributed by atoms with van der Waals surface area (Å²) in [5, 5.41) is 2.78. The van der Waals surface area contributed by atoms with Gasteiger partial charge in [0.2, 0.25) is 0 Å². The van der Waals surface area contributed by atoms with Crippen LogP contribution in [0.3, 0.4) is 0 Å². The molecule has 3 rings (SSSR count). The van der Waals surface area contributed by atoms with Gasteiger partial charge in [0.05, 0.1) is 0 Å². The maximum atomic E-state index is 12.9. The largest absolute Gasteiger partial charge is 0.478 e. The van der Waals surface area contributed by atoms with Crippen LogP contribution in [0.25, 0.3) is 0 Å². The number of nitrogens with zero attached hydrogens (tertiary/aromatic N) is 1. The van der Waals surface area contributed by atoms with Gasteiger partial charge in [0.1, 0.15) is 5.75 Å². The van der Waals surface area contributed by atoms with Crippen molar-refractivity contribution in [3.63, 3.8) is 0 Å². The first-order valence-corrected chi connectivity index (χ1v) is 9.49. The topological polar surface area (TPSA) is 29.5 Å². The zero-order valence-electron chi connectivity index (χ0n) is 14.0. The third kappa shape index (κ3) is 3.93. The molecule has 1 fully saturated rings. The number of hydrogen-bond acceptors (Lipinski definition) is 3. The summed E-state index contributed by atoms with van der Waals surface area (Å²) >= 11 is 7.70. The van der Waals surface area contributed by atoms with E-state index < -0.39 is 5.60 Å². The number of hydrogen-bond donors (Lipinski definition) is 0. The smallest absolute Gasteiger partial charge is 0.266 e. The average Bonchev–Trinajstić information content (AvgIpc) is 3.11. The van der Waals surface area contributed by atoms with Crippen LogP contribution in [-0.2, 0) is 4.79 Å². The number of likely N-dealkylation sites (tertiary alicyclic amines) is 1. The number of carbonyl (C=O) groups excluding carboxylic acids is 1. The maximum Gasteiger partial charge on any atom is 0.266 e. The molecule has 1 aromatic carbocycles. The van der Waals surface area contributed by atoms with Crippen molar-refractivity contribution in [3.8, 4) is 5.75 Å². The second-order valence-corrected chi connectivity index (χ2v) is 8.06. The molecule has 24 heavy (non-hydrogen) atoms. The predicted molar refractivity (Wildman–Crippen MR) is 99.0 cm³/mol. The van der Waals surface area contributed by atoms with Gasteiger partial charge in [-0.3, -0.25) is 4.79 Å². The number of piperidine rings is 1. The molecule has 0 bridgehead atoms. The van der Waals surface area contributed by atoms with Gasteiger partial charge < -0.3 is 9.64 Å². The monoisotopic (exact) mass is 363 g/mol. The summed E-state index contributed by atoms with van der Waals surface area (Å²) in [6.45, 7) is 5.23. The summed E-state index contributed by atoms with van der Waals surface area (Å²) in [7, 11) is 0. The van der Waals surface area contributed by atoms with E-state index in [0.29, 0.717) is 16.7 Å². The molecule has 128 valence electrons. The number of rotatable bonds is 4. The molecule has 2 aromatic rings. The Bertz CT molecular complexity index is 674. The van der Waals surface area contributed by atoms with Crippen LogP contribution >= 0.6 is 22.9 Å². The van der Waals surface area contributed by atoms with Crippen molar-refractivity contribution in [2.45, 2.75) is 38.2 Å². The Balaban J connectivity index is 1.60. The highest BCUT2D eigenvalue weighted by atomic mass is 35.5. The minimum Gasteiger partial charge on any atom is -0.478 e. The van der Waals surface area contributed by atoms with E-state index in [1.54, 1.807) is 24.3 Å². The van der Waals surface area contributed by atoms with Crippen molar-refractivity contribution < 1.29 is 9.53 Å². The first-order valence-electron chi connectivity index (χ1n) is 8.23. The first-order chi connectivity index (χ1) is 11.5. The van der Waals surface area contributed by atoms with Gasteiger partial charge in [0.25, 0.3) is 5.91 Å². The molecule has 5 heteroatoms. The van der Waals surface area contributed by atoms with Gasteiger partial charge in [-0.15, -0.1) is 11.3 Å². The van der Waals surface area contributed by atoms with Crippen LogP contribution in [0.15, 0.2) is 41.8 Å². The van der Waals surface area contributed by atoms with Gasteiger partial charge in [0, 0.05) is 23.0 Å². The van der Waals surface area contributed by atoms with E-state index in [-0.39, 0.29) is 5.91 Å². The minimum atomic E-state index is -0.885. The number of carbonyl (C=O) groups is 1. The van der Waals surface area contributed by atoms with Crippen molar-refractivity contribution in [1.29, 1.82) is 0 Å². The Hall–Kier alpha value is -1.52. The van der Waals surface area contributed by atoms with Crippen molar-refractivity contribution in [2.75, 3.05) is 13.1 Å². The maximum absolute atomic E-state index is 12.9. The first kappa shape index (κ1) is 17.3. The number of thiophene rings is 1. The summed E-state index contributed by atoms with van der Waals surface area (Å²) in [5.74, 6) is 1.28. The molecule has 0 aliphatic carbocycles. The molecule has 1 aliphatic heterocycles. The van der Waals surface area contributed by atoms with Crippen molar-refractivity contribution >= 4 is 28.8 Å². The van der Waals surface area contributed by atoms with Crippen LogP contribution in [0.5, 0.6) is 5.75 Å². The second kappa shape index (κ2) is 7.16. The summed E-state index contributed by atoms with van der Waals surface area (Å²) in [6, 6.07) is 11.4. The molecule has 2 heterocycles. The molecule has 1 saturated heterocycles. The average molecular weight is 364 g/mol. The molecule has 1 aliphatic rings. The zero-order chi connectivity index (χ0) is 17.2. The third-order valence-corrected chi connectivity index (χ3v) is 5.72. The number of benzene rings is 1. The number of halogens is 1. The molecule has 1 aromatic heterocycles. The fourth-order valence-corrected chi connectivity index (χ4v) is 4.14. The number of amides is 1. The molecule has 0 N–H and O–H groups in total. The summed E-state index contributed by atoms with van der Waals surface area (Å²) < 4.78 is 5.92. The lowest BCUT2D eigenvalue weighted by molar-refractivity contribution is -0.146. The Labute approximate surface area is 152 Å². The molecule has 0 spiro atoms. The lowest BCUT2D eigenvalue weighted by Gasteiger charge is -2.36. The van der Waals surface area contributed by atoms with Crippen molar-refractivity contribution in [3.05, 3.63) is 51.7 Å². The minimum absolute atomic E-state index is 0.0436. The molecule has 0 saturated carbocycles. The van der Waals surface area contributed by atoms with E-state index in [2.05, 4.69) is 17.5 Å². The molecular formula is C19H22ClNO2S. The molecule has 3 nitrogen and oxygen atoms in total. The van der Waals surface area contributed by atoms with Crippen LogP contribution < -0.4 is 4.74 Å². The molecule has 0 unspecified atom stereocenters. The van der Waals surface area contributed by atoms with Gasteiger partial charge in [-0.25, -0.2) is 0 Å². The van der Waals surface area contributed by atoms with Crippen LogP contribution in [0.1, 0.15) is 37.5 Å². The van der Waals surface area contributed by atoms with Gasteiger partial charge in [-0.05, 0) is 68.3 Å². The number of ether oxygens (including phenoxy) is 1. The van der Waals surface area contributed by atoms with Crippen LogP contribution in [-0.4, -0.2) is 29.5 Å². The van der Waals surface area contributed by atoms with Crippen LogP contribution in [0.4, 0.5) is 0 Å². The fraction of sp³-hybridized carbons (Fsp3) is 0.421. The van der Waals surface area contributed by atoms with Gasteiger partial charge in [-0.2, -0.15) is 0 Å². The van der Waals surface area contributed by atoms with Crippen molar-refractivity contribution in [1.82, 2.24) is 4.90 Å². The summed E-state index contributed by atoms with van der Waals surface area (Å²) in [6.07, 6.45) is 2.03. The highest BCUT2D eigenvalue weighted by Crippen LogP contribution is 2.32. The van der Waals surface area contributed by atoms with E-state index in [1.165, 1.54) is 4.88 Å². The molecule has 1 amide bonds. The van der Waals surface area contributed by atoms with E-state index in [0.717, 1.165) is 25.9 Å². The SMILES string of the molecule is CC(C)(Oc1ccc(Cl)cc1)C(=O)N1CCC(c2cccs2)CC1. The lowest BCUT2D eigenvalue weighted by Crippen LogP contribution is -2.51. The summed E-state index contributed by atoms with van der Waals surface area (Å²) in [5.41, 5.74) is -0.885. The van der Waals surface area contributed by atoms with Gasteiger partial charge >= 0.3 is 0 Å².